The molecule has 0 radical (unpaired) electrons. The predicted octanol–water partition coefficient (Wildman–Crippen LogP) is 0.110. The fourth-order valence-electron chi connectivity index (χ4n) is 0.565. The summed E-state index contributed by atoms with van der Waals surface area (Å²) < 4.78 is 0. The number of aliphatic hydroxyl groups is 1. The van der Waals surface area contributed by atoms with Crippen molar-refractivity contribution in [2.24, 2.45) is 5.73 Å². The number of unbranched alkanes of at least 4 members (excludes halogenated alkanes) is 1. The summed E-state index contributed by atoms with van der Waals surface area (Å²) in [5.41, 5.74) is 5.22. The largest absolute Gasteiger partial charge is 0.380 e. The van der Waals surface area contributed by atoms with Gasteiger partial charge in [-0.3, -0.25) is 0 Å². The third kappa shape index (κ3) is 5.35. The molecule has 0 aromatic rings. The van der Waals surface area contributed by atoms with Gasteiger partial charge in [0.05, 0.1) is 0 Å². The number of aliphatic hydroxyl groups excluding tert-OH is 1. The highest BCUT2D eigenvalue weighted by molar-refractivity contribution is 4.92. The zero-order valence-corrected chi connectivity index (χ0v) is 5.51. The average molecular weight is 127 g/mol. The van der Waals surface area contributed by atoms with Gasteiger partial charge in [-0.15, -0.1) is 6.42 Å². The van der Waals surface area contributed by atoms with Gasteiger partial charge in [0.1, 0.15) is 6.10 Å². The minimum Gasteiger partial charge on any atom is -0.380 e. The third-order valence-corrected chi connectivity index (χ3v) is 1.12. The van der Waals surface area contributed by atoms with Crippen molar-refractivity contribution >= 4 is 0 Å². The average Bonchev–Trinajstić information content (AvgIpc) is 1.89. The van der Waals surface area contributed by atoms with Crippen molar-refractivity contribution in [3.8, 4) is 12.3 Å². The lowest BCUT2D eigenvalue weighted by Gasteiger charge is -1.99. The quantitative estimate of drug-likeness (QED) is 0.416. The van der Waals surface area contributed by atoms with Crippen LogP contribution in [0.3, 0.4) is 0 Å². The Bertz CT molecular complexity index is 95.6. The molecule has 52 valence electrons. The Kier molecular flexibility index (Phi) is 5.29. The number of hydrogen-bond donors (Lipinski definition) is 2. The van der Waals surface area contributed by atoms with E-state index in [9.17, 15) is 0 Å². The first kappa shape index (κ1) is 8.48. The van der Waals surface area contributed by atoms with Gasteiger partial charge in [0.2, 0.25) is 0 Å². The molecule has 0 rings (SSSR count). The molecule has 0 aliphatic rings. The third-order valence-electron chi connectivity index (χ3n) is 1.12. The summed E-state index contributed by atoms with van der Waals surface area (Å²) in [4.78, 5) is 0. The van der Waals surface area contributed by atoms with Gasteiger partial charge >= 0.3 is 0 Å². The Morgan fingerprint density at radius 1 is 1.56 bits per heavy atom. The molecule has 0 aromatic carbocycles. The lowest BCUT2D eigenvalue weighted by molar-refractivity contribution is 0.218. The van der Waals surface area contributed by atoms with Crippen LogP contribution < -0.4 is 5.73 Å². The van der Waals surface area contributed by atoms with Crippen molar-refractivity contribution in [3.05, 3.63) is 0 Å². The minimum absolute atomic E-state index is 0.573. The molecular formula is C7H13NO. The highest BCUT2D eigenvalue weighted by atomic mass is 16.3. The Morgan fingerprint density at radius 3 is 2.67 bits per heavy atom. The van der Waals surface area contributed by atoms with Crippen LogP contribution in [0.4, 0.5) is 0 Å². The second-order valence-corrected chi connectivity index (χ2v) is 1.97. The Hall–Kier alpha value is -0.520. The van der Waals surface area contributed by atoms with E-state index in [0.717, 1.165) is 12.8 Å². The van der Waals surface area contributed by atoms with E-state index >= 15 is 0 Å². The number of nitrogens with two attached hydrogens (primary N) is 1. The summed E-state index contributed by atoms with van der Waals surface area (Å²) in [6.07, 6.45) is 6.89. The molecule has 0 aromatic heterocycles. The van der Waals surface area contributed by atoms with E-state index in [4.69, 9.17) is 17.3 Å². The first-order valence-electron chi connectivity index (χ1n) is 3.15. The molecule has 0 bridgehead atoms. The summed E-state index contributed by atoms with van der Waals surface area (Å²) in [5, 5.41) is 8.81. The van der Waals surface area contributed by atoms with Crippen molar-refractivity contribution < 1.29 is 5.11 Å². The molecule has 1 atom stereocenters. The Morgan fingerprint density at radius 2 is 2.22 bits per heavy atom. The molecular weight excluding hydrogens is 114 g/mol. The first-order chi connectivity index (χ1) is 4.31. The molecule has 0 saturated heterocycles. The summed E-state index contributed by atoms with van der Waals surface area (Å²) in [5.74, 6) is 2.24. The number of hydrogen-bond acceptors (Lipinski definition) is 2. The number of rotatable bonds is 4. The van der Waals surface area contributed by atoms with Gasteiger partial charge in [-0.05, 0) is 25.8 Å². The molecule has 2 nitrogen and oxygen atoms in total. The topological polar surface area (TPSA) is 46.2 Å². The van der Waals surface area contributed by atoms with Crippen LogP contribution >= 0.6 is 0 Å². The molecule has 0 amide bonds. The van der Waals surface area contributed by atoms with Gasteiger partial charge in [0.25, 0.3) is 0 Å². The smallest absolute Gasteiger partial charge is 0.114 e. The fourth-order valence-corrected chi connectivity index (χ4v) is 0.565. The minimum atomic E-state index is -0.573. The highest BCUT2D eigenvalue weighted by Gasteiger charge is 1.95. The number of terminal acetylenes is 1. The molecule has 0 heterocycles. The van der Waals surface area contributed by atoms with Crippen molar-refractivity contribution in [1.29, 1.82) is 0 Å². The van der Waals surface area contributed by atoms with Gasteiger partial charge in [-0.1, -0.05) is 5.92 Å². The van der Waals surface area contributed by atoms with Crippen LogP contribution in [0.2, 0.25) is 0 Å². The molecule has 0 aliphatic carbocycles. The lowest BCUT2D eigenvalue weighted by Crippen LogP contribution is -2.04. The maximum Gasteiger partial charge on any atom is 0.114 e. The van der Waals surface area contributed by atoms with Crippen molar-refractivity contribution in [2.75, 3.05) is 6.54 Å². The molecule has 9 heavy (non-hydrogen) atoms. The first-order valence-corrected chi connectivity index (χ1v) is 3.15. The summed E-state index contributed by atoms with van der Waals surface area (Å²) in [6.45, 7) is 0.678. The zero-order chi connectivity index (χ0) is 7.11. The van der Waals surface area contributed by atoms with Crippen molar-refractivity contribution in [1.82, 2.24) is 0 Å². The van der Waals surface area contributed by atoms with E-state index in [1.165, 1.54) is 0 Å². The van der Waals surface area contributed by atoms with E-state index in [0.29, 0.717) is 13.0 Å². The van der Waals surface area contributed by atoms with Crippen molar-refractivity contribution in [3.63, 3.8) is 0 Å². The van der Waals surface area contributed by atoms with E-state index in [2.05, 4.69) is 5.92 Å². The standard InChI is InChI=1S/C7H13NO/c1-2-7(9)5-3-4-6-8/h1,7,9H,3-6,8H2. The molecule has 2 heteroatoms. The van der Waals surface area contributed by atoms with Gasteiger partial charge < -0.3 is 10.8 Å². The molecule has 0 fully saturated rings. The zero-order valence-electron chi connectivity index (χ0n) is 5.51. The van der Waals surface area contributed by atoms with E-state index < -0.39 is 6.10 Å². The summed E-state index contributed by atoms with van der Waals surface area (Å²) in [7, 11) is 0. The fraction of sp³-hybridized carbons (Fsp3) is 0.714. The van der Waals surface area contributed by atoms with Crippen LogP contribution in [-0.2, 0) is 0 Å². The Balaban J connectivity index is 2.99. The van der Waals surface area contributed by atoms with E-state index in [1.54, 1.807) is 0 Å². The SMILES string of the molecule is C#CC(O)CCCCN. The van der Waals surface area contributed by atoms with Crippen molar-refractivity contribution in [2.45, 2.75) is 25.4 Å². The molecule has 0 spiro atoms. The van der Waals surface area contributed by atoms with Crippen LogP contribution in [0.15, 0.2) is 0 Å². The molecule has 0 saturated carbocycles. The Labute approximate surface area is 56.1 Å². The normalized spacial score (nSPS) is 12.6. The highest BCUT2D eigenvalue weighted by Crippen LogP contribution is 1.97. The second kappa shape index (κ2) is 5.61. The van der Waals surface area contributed by atoms with Crippen LogP contribution in [0.5, 0.6) is 0 Å². The van der Waals surface area contributed by atoms with Gasteiger partial charge in [0, 0.05) is 0 Å². The summed E-state index contributed by atoms with van der Waals surface area (Å²) >= 11 is 0. The maximum absolute atomic E-state index is 8.81. The monoisotopic (exact) mass is 127 g/mol. The maximum atomic E-state index is 8.81. The van der Waals surface area contributed by atoms with E-state index in [1.807, 2.05) is 0 Å². The lowest BCUT2D eigenvalue weighted by atomic mass is 10.2. The van der Waals surface area contributed by atoms with Crippen LogP contribution in [0.1, 0.15) is 19.3 Å². The molecule has 3 N–H and O–H groups in total. The van der Waals surface area contributed by atoms with E-state index in [-0.39, 0.29) is 0 Å². The van der Waals surface area contributed by atoms with Crippen LogP contribution in [0.25, 0.3) is 0 Å². The van der Waals surface area contributed by atoms with Crippen LogP contribution in [0, 0.1) is 12.3 Å². The van der Waals surface area contributed by atoms with Crippen LogP contribution in [-0.4, -0.2) is 17.8 Å². The van der Waals surface area contributed by atoms with Gasteiger partial charge in [-0.2, -0.15) is 0 Å². The molecule has 1 unspecified atom stereocenters. The predicted molar refractivity (Wildman–Crippen MR) is 37.7 cm³/mol. The molecule has 0 aliphatic heterocycles. The summed E-state index contributed by atoms with van der Waals surface area (Å²) in [6, 6.07) is 0. The van der Waals surface area contributed by atoms with Gasteiger partial charge in [-0.25, -0.2) is 0 Å². The second-order valence-electron chi connectivity index (χ2n) is 1.97. The van der Waals surface area contributed by atoms with Gasteiger partial charge in [0.15, 0.2) is 0 Å².